The molecule has 9 heteroatoms. The van der Waals surface area contributed by atoms with Crippen LogP contribution in [0, 0.1) is 0 Å². The van der Waals surface area contributed by atoms with Crippen LogP contribution in [-0.4, -0.2) is 33.0 Å². The molecule has 0 radical (unpaired) electrons. The molecule has 0 saturated carbocycles. The minimum Gasteiger partial charge on any atom is -1.00 e. The first-order valence-corrected chi connectivity index (χ1v) is 10.7. The van der Waals surface area contributed by atoms with Crippen LogP contribution < -0.4 is 22.3 Å². The molecular formula is C23H18Cl3N5O. The number of fused-ring (bicyclic) bond motifs is 4. The minimum atomic E-state index is 0. The zero-order valence-electron chi connectivity index (χ0n) is 17.3. The Morgan fingerprint density at radius 3 is 2.22 bits per heavy atom. The molecule has 0 amide bonds. The Morgan fingerprint density at radius 1 is 0.844 bits per heavy atom. The van der Waals surface area contributed by atoms with Gasteiger partial charge in [-0.25, -0.2) is 9.56 Å². The van der Waals surface area contributed by atoms with E-state index >= 15 is 0 Å². The Bertz CT molecular complexity index is 1470. The Balaban J connectivity index is 0.00000245. The van der Waals surface area contributed by atoms with Gasteiger partial charge in [-0.1, -0.05) is 24.3 Å². The zero-order chi connectivity index (χ0) is 21.5. The zero-order valence-corrected chi connectivity index (χ0v) is 19.6. The quantitative estimate of drug-likeness (QED) is 0.222. The standard InChI is InChI=1S/C23H18Cl2N5O.ClH/c1-3-30(4-2)13-9-10-17-18(11-13)31-19-12-16(21-27-22(24)29-23(25)28-21)14-7-5-6-8-15(14)20(19)26-17;/h5-12H,3-4H2,1-2H3;1H/q+1;/p-1. The van der Waals surface area contributed by atoms with Crippen LogP contribution in [0.15, 0.2) is 52.9 Å². The Kier molecular flexibility index (Phi) is 6.29. The van der Waals surface area contributed by atoms with Crippen molar-refractivity contribution in [3.8, 4) is 22.8 Å². The molecule has 2 aliphatic rings. The number of nitrogens with zero attached hydrogens (tertiary/aromatic N) is 5. The molecule has 0 saturated heterocycles. The fourth-order valence-corrected chi connectivity index (χ4v) is 4.22. The maximum atomic E-state index is 6.33. The van der Waals surface area contributed by atoms with E-state index in [4.69, 9.17) is 32.6 Å². The van der Waals surface area contributed by atoms with E-state index in [-0.39, 0.29) is 23.0 Å². The van der Waals surface area contributed by atoms with E-state index in [2.05, 4.69) is 39.4 Å². The van der Waals surface area contributed by atoms with Gasteiger partial charge in [0.2, 0.25) is 15.9 Å². The van der Waals surface area contributed by atoms with Crippen LogP contribution in [0.5, 0.6) is 0 Å². The lowest BCUT2D eigenvalue weighted by molar-refractivity contribution is -0.00000684. The topological polar surface area (TPSA) is 67.7 Å². The predicted octanol–water partition coefficient (Wildman–Crippen LogP) is 2.06. The minimum absolute atomic E-state index is 0. The Morgan fingerprint density at radius 2 is 1.53 bits per heavy atom. The number of rotatable bonds is 3. The average Bonchev–Trinajstić information content (AvgIpc) is 2.77. The monoisotopic (exact) mass is 485 g/mol. The molecule has 3 aromatic rings. The van der Waals surface area contributed by atoms with Crippen molar-refractivity contribution in [1.82, 2.24) is 24.5 Å². The van der Waals surface area contributed by atoms with E-state index in [1.165, 1.54) is 0 Å². The highest BCUT2D eigenvalue weighted by Gasteiger charge is 2.18. The first-order valence-electron chi connectivity index (χ1n) is 9.99. The summed E-state index contributed by atoms with van der Waals surface area (Å²) in [5.41, 5.74) is 2.95. The van der Waals surface area contributed by atoms with E-state index in [1.807, 2.05) is 42.5 Å². The molecule has 1 aliphatic carbocycles. The summed E-state index contributed by atoms with van der Waals surface area (Å²) in [5, 5.41) is 3.03. The summed E-state index contributed by atoms with van der Waals surface area (Å²) < 4.78 is 8.59. The molecule has 0 atom stereocenters. The van der Waals surface area contributed by atoms with Gasteiger partial charge in [0.25, 0.3) is 0 Å². The molecule has 2 heterocycles. The van der Waals surface area contributed by atoms with Crippen LogP contribution in [0.3, 0.4) is 0 Å². The van der Waals surface area contributed by atoms with E-state index in [9.17, 15) is 0 Å². The first kappa shape index (κ1) is 22.4. The molecule has 0 unspecified atom stereocenters. The summed E-state index contributed by atoms with van der Waals surface area (Å²) in [7, 11) is 0. The van der Waals surface area contributed by atoms with Crippen molar-refractivity contribution in [2.75, 3.05) is 13.1 Å². The summed E-state index contributed by atoms with van der Waals surface area (Å²) in [4.78, 5) is 17.3. The lowest BCUT2D eigenvalue weighted by Crippen LogP contribution is -3.00. The second-order valence-electron chi connectivity index (χ2n) is 7.05. The van der Waals surface area contributed by atoms with Crippen LogP contribution in [-0.2, 0) is 0 Å². The fourth-order valence-electron chi connectivity index (χ4n) is 3.86. The molecule has 5 rings (SSSR count). The maximum Gasteiger partial charge on any atom is 0.227 e. The molecule has 0 bridgehead atoms. The Hall–Kier alpha value is -2.80. The molecule has 162 valence electrons. The molecule has 0 spiro atoms. The van der Waals surface area contributed by atoms with Crippen LogP contribution in [0.25, 0.3) is 44.7 Å². The summed E-state index contributed by atoms with van der Waals surface area (Å²) >= 11 is 12.1. The van der Waals surface area contributed by atoms with Gasteiger partial charge >= 0.3 is 0 Å². The number of hydrogen-bond acceptors (Lipinski definition) is 5. The van der Waals surface area contributed by atoms with Crippen molar-refractivity contribution in [2.24, 2.45) is 0 Å². The molecule has 1 aromatic heterocycles. The van der Waals surface area contributed by atoms with Crippen molar-refractivity contribution >= 4 is 45.1 Å². The van der Waals surface area contributed by atoms with E-state index in [0.29, 0.717) is 17.2 Å². The Labute approximate surface area is 200 Å². The highest BCUT2D eigenvalue weighted by molar-refractivity contribution is 6.31. The molecule has 0 fully saturated rings. The highest BCUT2D eigenvalue weighted by atomic mass is 35.5. The lowest BCUT2D eigenvalue weighted by Gasteiger charge is -2.11. The predicted molar refractivity (Wildman–Crippen MR) is 123 cm³/mol. The third-order valence-corrected chi connectivity index (χ3v) is 5.67. The number of halogens is 3. The second kappa shape index (κ2) is 8.98. The molecule has 0 N–H and O–H groups in total. The second-order valence-corrected chi connectivity index (χ2v) is 7.73. The van der Waals surface area contributed by atoms with Crippen LogP contribution in [0.2, 0.25) is 10.6 Å². The van der Waals surface area contributed by atoms with E-state index in [0.717, 1.165) is 46.0 Å². The maximum absolute atomic E-state index is 6.33. The van der Waals surface area contributed by atoms with Gasteiger partial charge in [0.05, 0.1) is 6.07 Å². The number of aromatic nitrogens is 4. The smallest absolute Gasteiger partial charge is 0.227 e. The number of benzene rings is 3. The van der Waals surface area contributed by atoms with E-state index in [1.54, 1.807) is 0 Å². The SMILES string of the molecule is CC[N+](CC)=c1ccc2nc3c(cc(-c4nc(Cl)nc(Cl)n4)c4ccccc43)oc-2c1.[Cl-]. The van der Waals surface area contributed by atoms with Gasteiger partial charge in [0.15, 0.2) is 17.2 Å². The van der Waals surface area contributed by atoms with Crippen molar-refractivity contribution in [1.29, 1.82) is 0 Å². The molecule has 6 nitrogen and oxygen atoms in total. The first-order chi connectivity index (χ1) is 15.1. The van der Waals surface area contributed by atoms with Gasteiger partial charge in [-0.05, 0) is 54.6 Å². The van der Waals surface area contributed by atoms with Crippen molar-refractivity contribution in [2.45, 2.75) is 13.8 Å². The highest BCUT2D eigenvalue weighted by Crippen LogP contribution is 2.35. The van der Waals surface area contributed by atoms with Gasteiger partial charge in [-0.2, -0.15) is 15.0 Å². The molecule has 2 aromatic carbocycles. The summed E-state index contributed by atoms with van der Waals surface area (Å²) in [5.74, 6) is 1.10. The third-order valence-electron chi connectivity index (χ3n) is 5.33. The van der Waals surface area contributed by atoms with Gasteiger partial charge in [-0.15, -0.1) is 0 Å². The van der Waals surface area contributed by atoms with E-state index < -0.39 is 0 Å². The molecule has 32 heavy (non-hydrogen) atoms. The van der Waals surface area contributed by atoms with Gasteiger partial charge < -0.3 is 16.8 Å². The van der Waals surface area contributed by atoms with Crippen molar-refractivity contribution in [3.05, 3.63) is 64.5 Å². The fraction of sp³-hybridized carbons (Fsp3) is 0.174. The van der Waals surface area contributed by atoms with Gasteiger partial charge in [0.1, 0.15) is 24.3 Å². The number of hydrogen-bond donors (Lipinski definition) is 0. The normalized spacial score (nSPS) is 11.1. The summed E-state index contributed by atoms with van der Waals surface area (Å²) in [6.07, 6.45) is 0. The van der Waals surface area contributed by atoms with Crippen molar-refractivity contribution in [3.63, 3.8) is 0 Å². The average molecular weight is 487 g/mol. The molecular weight excluding hydrogens is 469 g/mol. The van der Waals surface area contributed by atoms with Crippen molar-refractivity contribution < 1.29 is 16.8 Å². The van der Waals surface area contributed by atoms with Crippen LogP contribution in [0.4, 0.5) is 0 Å². The van der Waals surface area contributed by atoms with Gasteiger partial charge in [0, 0.05) is 17.0 Å². The largest absolute Gasteiger partial charge is 1.00 e. The van der Waals surface area contributed by atoms with Gasteiger partial charge in [-0.3, -0.25) is 0 Å². The molecule has 1 aliphatic heterocycles. The van der Waals surface area contributed by atoms with Crippen LogP contribution in [0.1, 0.15) is 13.8 Å². The summed E-state index contributed by atoms with van der Waals surface area (Å²) in [6, 6.07) is 15.9. The van der Waals surface area contributed by atoms with Crippen LogP contribution >= 0.6 is 23.2 Å². The third kappa shape index (κ3) is 3.90. The lowest BCUT2D eigenvalue weighted by atomic mass is 10.0. The summed E-state index contributed by atoms with van der Waals surface area (Å²) in [6.45, 7) is 6.09.